The lowest BCUT2D eigenvalue weighted by molar-refractivity contribution is -0.156. The molecule has 208 valence electrons. The van der Waals surface area contributed by atoms with Gasteiger partial charge in [0, 0.05) is 6.42 Å². The number of esters is 1. The second-order valence-corrected chi connectivity index (χ2v) is 10.9. The van der Waals surface area contributed by atoms with E-state index in [1.165, 1.54) is 50.5 Å². The molecule has 0 aliphatic heterocycles. The van der Waals surface area contributed by atoms with Gasteiger partial charge >= 0.3 is 5.97 Å². The Morgan fingerprint density at radius 1 is 0.771 bits per heavy atom. The van der Waals surface area contributed by atoms with Crippen molar-refractivity contribution < 1.29 is 35.1 Å². The molecule has 0 radical (unpaired) electrons. The Bertz CT molecular complexity index is 564. The molecule has 35 heavy (non-hydrogen) atoms. The van der Waals surface area contributed by atoms with Gasteiger partial charge in [0.25, 0.3) is 0 Å². The van der Waals surface area contributed by atoms with Crippen LogP contribution in [0.1, 0.15) is 105 Å². The third kappa shape index (κ3) is 18.0. The van der Waals surface area contributed by atoms with Crippen LogP contribution in [0.25, 0.3) is 0 Å². The summed E-state index contributed by atoms with van der Waals surface area (Å²) in [5.74, 6) is 1.86. The predicted octanol–water partition coefficient (Wildman–Crippen LogP) is 4.13. The van der Waals surface area contributed by atoms with E-state index >= 15 is 0 Å². The third-order valence-corrected chi connectivity index (χ3v) is 6.72. The molecule has 7 heteroatoms. The second-order valence-electron chi connectivity index (χ2n) is 10.9. The number of hydrogen-bond acceptors (Lipinski definition) is 7. The van der Waals surface area contributed by atoms with E-state index in [2.05, 4.69) is 34.6 Å². The first-order chi connectivity index (χ1) is 16.5. The van der Waals surface area contributed by atoms with Crippen molar-refractivity contribution in [3.8, 4) is 0 Å². The lowest BCUT2D eigenvalue weighted by atomic mass is 9.91. The monoisotopic (exact) mass is 502 g/mol. The topological polar surface area (TPSA) is 127 Å². The Labute approximate surface area is 213 Å². The standard InChI is InChI=1S/C28H54O7/c1-20(2)10-6-11-21(3)12-7-13-22(4)14-8-15-23(5)16-9-17-26(32)35-19-25(31)28(34)27(33)24(30)18-29/h16,20-22,24-25,27-31,33-34H,6-15,17-19H2,1-5H3/t21?,22?,24-,25-,27-,28-/m1/s1. The molecule has 0 saturated heterocycles. The molecule has 0 aromatic carbocycles. The first kappa shape index (κ1) is 34.0. The summed E-state index contributed by atoms with van der Waals surface area (Å²) in [4.78, 5) is 11.9. The van der Waals surface area contributed by atoms with Crippen molar-refractivity contribution in [3.63, 3.8) is 0 Å². The number of hydrogen-bond donors (Lipinski definition) is 5. The van der Waals surface area contributed by atoms with E-state index in [4.69, 9.17) is 9.84 Å². The fourth-order valence-electron chi connectivity index (χ4n) is 4.16. The van der Waals surface area contributed by atoms with Gasteiger partial charge in [-0.2, -0.15) is 0 Å². The van der Waals surface area contributed by atoms with E-state index in [0.29, 0.717) is 6.42 Å². The summed E-state index contributed by atoms with van der Waals surface area (Å²) >= 11 is 0. The maximum Gasteiger partial charge on any atom is 0.306 e. The van der Waals surface area contributed by atoms with Gasteiger partial charge in [-0.05, 0) is 43.9 Å². The molecule has 0 aliphatic carbocycles. The fourth-order valence-corrected chi connectivity index (χ4v) is 4.16. The molecule has 5 N–H and O–H groups in total. The molecule has 0 fully saturated rings. The Morgan fingerprint density at radius 3 is 1.83 bits per heavy atom. The smallest absolute Gasteiger partial charge is 0.306 e. The zero-order valence-corrected chi connectivity index (χ0v) is 22.9. The number of allylic oxidation sites excluding steroid dienone is 2. The second kappa shape index (κ2) is 20.1. The summed E-state index contributed by atoms with van der Waals surface area (Å²) in [5, 5.41) is 47.1. The van der Waals surface area contributed by atoms with Crippen molar-refractivity contribution in [1.29, 1.82) is 0 Å². The summed E-state index contributed by atoms with van der Waals surface area (Å²) in [5.41, 5.74) is 1.25. The van der Waals surface area contributed by atoms with E-state index in [1.807, 2.05) is 6.08 Å². The minimum Gasteiger partial charge on any atom is -0.463 e. The molecule has 7 nitrogen and oxygen atoms in total. The minimum atomic E-state index is -1.73. The maximum atomic E-state index is 11.9. The molecule has 2 unspecified atom stereocenters. The van der Waals surface area contributed by atoms with Crippen LogP contribution < -0.4 is 0 Å². The van der Waals surface area contributed by atoms with E-state index < -0.39 is 43.6 Å². The lowest BCUT2D eigenvalue weighted by Crippen LogP contribution is -2.47. The average Bonchev–Trinajstić information content (AvgIpc) is 2.80. The Kier molecular flexibility index (Phi) is 19.5. The van der Waals surface area contributed by atoms with Gasteiger partial charge in [-0.1, -0.05) is 84.3 Å². The number of aliphatic hydroxyl groups excluding tert-OH is 5. The first-order valence-corrected chi connectivity index (χ1v) is 13.6. The van der Waals surface area contributed by atoms with E-state index in [0.717, 1.165) is 30.6 Å². The fraction of sp³-hybridized carbons (Fsp3) is 0.893. The van der Waals surface area contributed by atoms with Crippen molar-refractivity contribution in [2.45, 2.75) is 130 Å². The van der Waals surface area contributed by atoms with Crippen LogP contribution in [-0.2, 0) is 9.53 Å². The number of aliphatic hydroxyl groups is 5. The highest BCUT2D eigenvalue weighted by molar-refractivity contribution is 5.69. The van der Waals surface area contributed by atoms with Gasteiger partial charge in [0.15, 0.2) is 0 Å². The lowest BCUT2D eigenvalue weighted by Gasteiger charge is -2.25. The van der Waals surface area contributed by atoms with Crippen LogP contribution in [-0.4, -0.2) is 69.1 Å². The van der Waals surface area contributed by atoms with E-state index in [-0.39, 0.29) is 6.42 Å². The number of rotatable bonds is 21. The zero-order chi connectivity index (χ0) is 26.8. The van der Waals surface area contributed by atoms with Gasteiger partial charge in [0.2, 0.25) is 0 Å². The minimum absolute atomic E-state index is 0.160. The summed E-state index contributed by atoms with van der Waals surface area (Å²) in [7, 11) is 0. The summed E-state index contributed by atoms with van der Waals surface area (Å²) in [6, 6.07) is 0. The van der Waals surface area contributed by atoms with Gasteiger partial charge in [0.1, 0.15) is 31.0 Å². The van der Waals surface area contributed by atoms with E-state index in [9.17, 15) is 25.2 Å². The molecular formula is C28H54O7. The number of carbonyl (C=O) groups excluding carboxylic acids is 1. The molecule has 0 aliphatic rings. The molecule has 0 heterocycles. The van der Waals surface area contributed by atoms with Gasteiger partial charge in [-0.3, -0.25) is 4.79 Å². The molecule has 0 bridgehead atoms. The van der Waals surface area contributed by atoms with Gasteiger partial charge in [-0.15, -0.1) is 0 Å². The average molecular weight is 503 g/mol. The number of carbonyl (C=O) groups is 1. The molecule has 6 atom stereocenters. The molecule has 0 saturated carbocycles. The van der Waals surface area contributed by atoms with Crippen molar-refractivity contribution in [2.75, 3.05) is 13.2 Å². The van der Waals surface area contributed by atoms with Crippen molar-refractivity contribution >= 4 is 5.97 Å². The van der Waals surface area contributed by atoms with Gasteiger partial charge in [-0.25, -0.2) is 0 Å². The molecule has 0 aromatic heterocycles. The summed E-state index contributed by atoms with van der Waals surface area (Å²) in [6.45, 7) is 10.1. The Balaban J connectivity index is 3.94. The van der Waals surface area contributed by atoms with Crippen LogP contribution in [0.5, 0.6) is 0 Å². The SMILES string of the molecule is CC(=CCCC(=O)OC[C@@H](O)[C@@H](O)[C@H](O)[C@H](O)CO)CCCC(C)CCCC(C)CCCC(C)C. The van der Waals surface area contributed by atoms with E-state index in [1.54, 1.807) is 0 Å². The highest BCUT2D eigenvalue weighted by atomic mass is 16.5. The highest BCUT2D eigenvalue weighted by Gasteiger charge is 2.30. The first-order valence-electron chi connectivity index (χ1n) is 13.6. The summed E-state index contributed by atoms with van der Waals surface area (Å²) in [6.07, 6.45) is 7.49. The Morgan fingerprint density at radius 2 is 1.29 bits per heavy atom. The summed E-state index contributed by atoms with van der Waals surface area (Å²) < 4.78 is 4.94. The number of ether oxygens (including phenoxy) is 1. The molecule has 0 amide bonds. The molecule has 0 spiro atoms. The molecular weight excluding hydrogens is 448 g/mol. The predicted molar refractivity (Wildman–Crippen MR) is 140 cm³/mol. The normalized spacial score (nSPS) is 17.6. The largest absolute Gasteiger partial charge is 0.463 e. The van der Waals surface area contributed by atoms with Crippen LogP contribution in [0.3, 0.4) is 0 Å². The molecule has 0 aromatic rings. The quantitative estimate of drug-likeness (QED) is 0.118. The zero-order valence-electron chi connectivity index (χ0n) is 22.9. The molecule has 0 rings (SSSR count). The van der Waals surface area contributed by atoms with Crippen LogP contribution in [0.2, 0.25) is 0 Å². The van der Waals surface area contributed by atoms with Crippen LogP contribution in [0.15, 0.2) is 11.6 Å². The van der Waals surface area contributed by atoms with Crippen LogP contribution in [0, 0.1) is 17.8 Å². The van der Waals surface area contributed by atoms with Crippen molar-refractivity contribution in [3.05, 3.63) is 11.6 Å². The van der Waals surface area contributed by atoms with Gasteiger partial charge < -0.3 is 30.3 Å². The highest BCUT2D eigenvalue weighted by Crippen LogP contribution is 2.22. The van der Waals surface area contributed by atoms with Crippen LogP contribution >= 0.6 is 0 Å². The Hall–Kier alpha value is -0.990. The van der Waals surface area contributed by atoms with Crippen LogP contribution in [0.4, 0.5) is 0 Å². The third-order valence-electron chi connectivity index (χ3n) is 6.72. The van der Waals surface area contributed by atoms with Crippen molar-refractivity contribution in [1.82, 2.24) is 0 Å². The van der Waals surface area contributed by atoms with Crippen molar-refractivity contribution in [2.24, 2.45) is 17.8 Å². The van der Waals surface area contributed by atoms with Gasteiger partial charge in [0.05, 0.1) is 6.61 Å². The maximum absolute atomic E-state index is 11.9.